The van der Waals surface area contributed by atoms with Gasteiger partial charge in [-0.2, -0.15) is 0 Å². The molecule has 0 aliphatic rings. The SMILES string of the molecule is Cc1nc2ccc(NC(C)c3cccc(CO)c3)cc2o1. The first-order valence-corrected chi connectivity index (χ1v) is 6.99. The molecule has 4 nitrogen and oxygen atoms in total. The first-order chi connectivity index (χ1) is 10.2. The van der Waals surface area contributed by atoms with Crippen molar-refractivity contribution in [2.24, 2.45) is 0 Å². The molecule has 0 aliphatic heterocycles. The van der Waals surface area contributed by atoms with Crippen molar-refractivity contribution in [2.75, 3.05) is 5.32 Å². The lowest BCUT2D eigenvalue weighted by Gasteiger charge is -2.16. The first-order valence-electron chi connectivity index (χ1n) is 6.99. The fourth-order valence-corrected chi connectivity index (χ4v) is 2.42. The van der Waals surface area contributed by atoms with Gasteiger partial charge in [-0.1, -0.05) is 24.3 Å². The van der Waals surface area contributed by atoms with Crippen LogP contribution in [0.15, 0.2) is 46.9 Å². The Morgan fingerprint density at radius 3 is 2.90 bits per heavy atom. The van der Waals surface area contributed by atoms with Gasteiger partial charge in [0.1, 0.15) is 5.52 Å². The number of benzene rings is 2. The summed E-state index contributed by atoms with van der Waals surface area (Å²) in [5, 5.41) is 12.7. The van der Waals surface area contributed by atoms with Crippen molar-refractivity contribution >= 4 is 16.8 Å². The molecule has 21 heavy (non-hydrogen) atoms. The number of aromatic nitrogens is 1. The van der Waals surface area contributed by atoms with Crippen molar-refractivity contribution in [3.05, 3.63) is 59.5 Å². The zero-order chi connectivity index (χ0) is 14.8. The predicted octanol–water partition coefficient (Wildman–Crippen LogP) is 3.80. The summed E-state index contributed by atoms with van der Waals surface area (Å²) in [5.74, 6) is 0.672. The molecule has 0 saturated heterocycles. The molecule has 3 rings (SSSR count). The molecule has 1 unspecified atom stereocenters. The molecule has 0 aliphatic carbocycles. The average molecular weight is 282 g/mol. The fourth-order valence-electron chi connectivity index (χ4n) is 2.42. The number of oxazole rings is 1. The van der Waals surface area contributed by atoms with Crippen LogP contribution in [0.1, 0.15) is 30.0 Å². The Labute approximate surface area is 123 Å². The summed E-state index contributed by atoms with van der Waals surface area (Å²) in [7, 11) is 0. The van der Waals surface area contributed by atoms with Crippen molar-refractivity contribution in [1.29, 1.82) is 0 Å². The van der Waals surface area contributed by atoms with Gasteiger partial charge in [-0.15, -0.1) is 0 Å². The van der Waals surface area contributed by atoms with E-state index < -0.39 is 0 Å². The van der Waals surface area contributed by atoms with Gasteiger partial charge in [0.05, 0.1) is 6.61 Å². The van der Waals surface area contributed by atoms with E-state index in [0.717, 1.165) is 27.9 Å². The van der Waals surface area contributed by atoms with E-state index in [2.05, 4.69) is 17.2 Å². The van der Waals surface area contributed by atoms with Crippen molar-refractivity contribution in [2.45, 2.75) is 26.5 Å². The van der Waals surface area contributed by atoms with Gasteiger partial charge in [0, 0.05) is 24.7 Å². The zero-order valence-corrected chi connectivity index (χ0v) is 12.1. The lowest BCUT2D eigenvalue weighted by atomic mass is 10.1. The predicted molar refractivity (Wildman–Crippen MR) is 83.1 cm³/mol. The maximum absolute atomic E-state index is 9.21. The Morgan fingerprint density at radius 2 is 2.10 bits per heavy atom. The van der Waals surface area contributed by atoms with Crippen LogP contribution in [0.25, 0.3) is 11.1 Å². The second kappa shape index (κ2) is 5.58. The van der Waals surface area contributed by atoms with E-state index in [4.69, 9.17) is 4.42 Å². The molecule has 0 spiro atoms. The lowest BCUT2D eigenvalue weighted by Crippen LogP contribution is -2.06. The first kappa shape index (κ1) is 13.6. The lowest BCUT2D eigenvalue weighted by molar-refractivity contribution is 0.281. The highest BCUT2D eigenvalue weighted by molar-refractivity contribution is 5.77. The topological polar surface area (TPSA) is 58.3 Å². The monoisotopic (exact) mass is 282 g/mol. The number of aryl methyl sites for hydroxylation is 1. The van der Waals surface area contributed by atoms with Crippen LogP contribution in [0, 0.1) is 6.92 Å². The number of hydrogen-bond donors (Lipinski definition) is 2. The van der Waals surface area contributed by atoms with E-state index in [9.17, 15) is 5.11 Å². The second-order valence-electron chi connectivity index (χ2n) is 5.18. The van der Waals surface area contributed by atoms with Crippen molar-refractivity contribution in [1.82, 2.24) is 4.98 Å². The second-order valence-corrected chi connectivity index (χ2v) is 5.18. The molecule has 0 radical (unpaired) electrons. The average Bonchev–Trinajstić information content (AvgIpc) is 2.86. The Balaban J connectivity index is 1.83. The van der Waals surface area contributed by atoms with E-state index >= 15 is 0 Å². The van der Waals surface area contributed by atoms with Gasteiger partial charge in [-0.05, 0) is 30.2 Å². The maximum Gasteiger partial charge on any atom is 0.192 e. The number of aliphatic hydroxyl groups is 1. The van der Waals surface area contributed by atoms with Crippen molar-refractivity contribution < 1.29 is 9.52 Å². The minimum Gasteiger partial charge on any atom is -0.441 e. The van der Waals surface area contributed by atoms with E-state index in [1.165, 1.54) is 0 Å². The molecule has 108 valence electrons. The maximum atomic E-state index is 9.21. The van der Waals surface area contributed by atoms with Gasteiger partial charge in [-0.25, -0.2) is 4.98 Å². The standard InChI is InChI=1S/C17H18N2O2/c1-11(14-5-3-4-13(8-14)10-20)18-15-6-7-16-17(9-15)21-12(2)19-16/h3-9,11,18,20H,10H2,1-2H3. The van der Waals surface area contributed by atoms with Gasteiger partial charge in [0.25, 0.3) is 0 Å². The van der Waals surface area contributed by atoms with Crippen LogP contribution in [0.2, 0.25) is 0 Å². The third-order valence-corrected chi connectivity index (χ3v) is 3.51. The summed E-state index contributed by atoms with van der Waals surface area (Å²) in [5.41, 5.74) is 4.69. The summed E-state index contributed by atoms with van der Waals surface area (Å²) >= 11 is 0. The Kier molecular flexibility index (Phi) is 3.62. The highest BCUT2D eigenvalue weighted by Gasteiger charge is 2.08. The van der Waals surface area contributed by atoms with Gasteiger partial charge >= 0.3 is 0 Å². The van der Waals surface area contributed by atoms with Gasteiger partial charge in [0.15, 0.2) is 11.5 Å². The zero-order valence-electron chi connectivity index (χ0n) is 12.1. The van der Waals surface area contributed by atoms with Crippen LogP contribution in [-0.2, 0) is 6.61 Å². The van der Waals surface area contributed by atoms with Crippen LogP contribution in [0.4, 0.5) is 5.69 Å². The molecule has 2 aromatic carbocycles. The van der Waals surface area contributed by atoms with Gasteiger partial charge in [-0.3, -0.25) is 0 Å². The summed E-state index contributed by atoms with van der Waals surface area (Å²) in [6.45, 7) is 3.99. The van der Waals surface area contributed by atoms with E-state index in [1.54, 1.807) is 0 Å². The number of anilines is 1. The number of aliphatic hydroxyl groups excluding tert-OH is 1. The minimum absolute atomic E-state index is 0.0594. The molecule has 3 aromatic rings. The molecule has 0 bridgehead atoms. The fraction of sp³-hybridized carbons (Fsp3) is 0.235. The number of fused-ring (bicyclic) bond motifs is 1. The van der Waals surface area contributed by atoms with Crippen molar-refractivity contribution in [3.63, 3.8) is 0 Å². The minimum atomic E-state index is 0.0594. The molecule has 1 heterocycles. The quantitative estimate of drug-likeness (QED) is 0.764. The van der Waals surface area contributed by atoms with E-state index in [-0.39, 0.29) is 12.6 Å². The van der Waals surface area contributed by atoms with Crippen LogP contribution in [0.5, 0.6) is 0 Å². The molecular formula is C17H18N2O2. The van der Waals surface area contributed by atoms with E-state index in [1.807, 2.05) is 49.4 Å². The Hall–Kier alpha value is -2.33. The van der Waals surface area contributed by atoms with Crippen LogP contribution in [-0.4, -0.2) is 10.1 Å². The molecule has 0 saturated carbocycles. The number of nitrogens with one attached hydrogen (secondary N) is 1. The smallest absolute Gasteiger partial charge is 0.192 e. The number of nitrogens with zero attached hydrogens (tertiary/aromatic N) is 1. The molecule has 4 heteroatoms. The molecule has 0 amide bonds. The Morgan fingerprint density at radius 1 is 1.24 bits per heavy atom. The normalized spacial score (nSPS) is 12.5. The van der Waals surface area contributed by atoms with Gasteiger partial charge in [0.2, 0.25) is 0 Å². The molecule has 1 aromatic heterocycles. The summed E-state index contributed by atoms with van der Waals surface area (Å²) in [6.07, 6.45) is 0. The highest BCUT2D eigenvalue weighted by Crippen LogP contribution is 2.24. The number of rotatable bonds is 4. The molecule has 0 fully saturated rings. The van der Waals surface area contributed by atoms with Crippen LogP contribution in [0.3, 0.4) is 0 Å². The molecular weight excluding hydrogens is 264 g/mol. The van der Waals surface area contributed by atoms with E-state index in [0.29, 0.717) is 5.89 Å². The number of hydrogen-bond acceptors (Lipinski definition) is 4. The summed E-state index contributed by atoms with van der Waals surface area (Å²) < 4.78 is 5.55. The molecule has 2 N–H and O–H groups in total. The van der Waals surface area contributed by atoms with Crippen LogP contribution >= 0.6 is 0 Å². The highest BCUT2D eigenvalue weighted by atomic mass is 16.3. The van der Waals surface area contributed by atoms with Gasteiger partial charge < -0.3 is 14.8 Å². The molecule has 1 atom stereocenters. The summed E-state index contributed by atoms with van der Waals surface area (Å²) in [6, 6.07) is 14.0. The largest absolute Gasteiger partial charge is 0.441 e. The summed E-state index contributed by atoms with van der Waals surface area (Å²) in [4.78, 5) is 4.29. The Bertz CT molecular complexity index is 764. The van der Waals surface area contributed by atoms with Crippen LogP contribution < -0.4 is 5.32 Å². The third kappa shape index (κ3) is 2.90. The third-order valence-electron chi connectivity index (χ3n) is 3.51. The van der Waals surface area contributed by atoms with Crippen molar-refractivity contribution in [3.8, 4) is 0 Å².